The van der Waals surface area contributed by atoms with E-state index < -0.39 is 44.9 Å². The van der Waals surface area contributed by atoms with Crippen molar-refractivity contribution in [1.29, 1.82) is 0 Å². The van der Waals surface area contributed by atoms with E-state index in [2.05, 4.69) is 13.8 Å². The number of rotatable bonds is 8. The summed E-state index contributed by atoms with van der Waals surface area (Å²) in [6.07, 6.45) is 4.18. The molecule has 2 aliphatic carbocycles. The van der Waals surface area contributed by atoms with E-state index in [0.29, 0.717) is 18.1 Å². The van der Waals surface area contributed by atoms with Gasteiger partial charge in [0.1, 0.15) is 11.3 Å². The third-order valence-electron chi connectivity index (χ3n) is 10.5. The van der Waals surface area contributed by atoms with Crippen molar-refractivity contribution in [3.8, 4) is 0 Å². The van der Waals surface area contributed by atoms with Gasteiger partial charge in [-0.05, 0) is 69.4 Å². The summed E-state index contributed by atoms with van der Waals surface area (Å²) in [6.45, 7) is 9.67. The highest BCUT2D eigenvalue weighted by Gasteiger charge is 2.72. The topological polar surface area (TPSA) is 93.1 Å². The highest BCUT2D eigenvalue weighted by atomic mass is 32.2. The van der Waals surface area contributed by atoms with Gasteiger partial charge in [-0.15, -0.1) is 0 Å². The van der Waals surface area contributed by atoms with E-state index in [0.717, 1.165) is 29.5 Å². The van der Waals surface area contributed by atoms with Gasteiger partial charge in [0, 0.05) is 16.5 Å². The number of aliphatic imine (C=N–C) groups is 1. The van der Waals surface area contributed by atoms with Gasteiger partial charge in [0.2, 0.25) is 15.9 Å². The zero-order chi connectivity index (χ0) is 33.6. The molecule has 0 aromatic heterocycles. The van der Waals surface area contributed by atoms with Crippen LogP contribution in [0.25, 0.3) is 0 Å². The predicted octanol–water partition coefficient (Wildman–Crippen LogP) is 6.98. The lowest BCUT2D eigenvalue weighted by Gasteiger charge is -2.37. The first kappa shape index (κ1) is 32.9. The van der Waals surface area contributed by atoms with E-state index in [1.165, 1.54) is 10.4 Å². The lowest BCUT2D eigenvalue weighted by atomic mass is 9.69. The van der Waals surface area contributed by atoms with Crippen LogP contribution >= 0.6 is 0 Å². The second kappa shape index (κ2) is 12.2. The Morgan fingerprint density at radius 1 is 0.936 bits per heavy atom. The van der Waals surface area contributed by atoms with E-state index in [1.807, 2.05) is 91.0 Å². The van der Waals surface area contributed by atoms with E-state index >= 15 is 0 Å². The van der Waals surface area contributed by atoms with Crippen molar-refractivity contribution < 1.29 is 22.7 Å². The summed E-state index contributed by atoms with van der Waals surface area (Å²) in [5.74, 6) is -1.85. The van der Waals surface area contributed by atoms with E-state index in [9.17, 15) is 18.0 Å². The Bertz CT molecular complexity index is 1770. The van der Waals surface area contributed by atoms with Crippen molar-refractivity contribution in [2.75, 3.05) is 5.75 Å². The monoisotopic (exact) mass is 652 g/mol. The third-order valence-corrected chi connectivity index (χ3v) is 12.5. The summed E-state index contributed by atoms with van der Waals surface area (Å²) < 4.78 is 35.0. The van der Waals surface area contributed by atoms with Crippen molar-refractivity contribution in [2.24, 2.45) is 27.7 Å². The number of benzene rings is 3. The molecular weight excluding hydrogens is 609 g/mol. The number of esters is 1. The molecule has 0 N–H and O–H groups in total. The maximum absolute atomic E-state index is 14.8. The summed E-state index contributed by atoms with van der Waals surface area (Å²) in [7, 11) is -3.89. The first-order valence-electron chi connectivity index (χ1n) is 16.5. The quantitative estimate of drug-likeness (QED) is 0.149. The van der Waals surface area contributed by atoms with Crippen molar-refractivity contribution >= 4 is 27.6 Å². The molecule has 1 aliphatic heterocycles. The highest BCUT2D eigenvalue weighted by molar-refractivity contribution is 7.90. The second-order valence-corrected chi connectivity index (χ2v) is 16.6. The minimum absolute atomic E-state index is 0.0229. The van der Waals surface area contributed by atoms with Crippen LogP contribution in [0.1, 0.15) is 70.6 Å². The van der Waals surface area contributed by atoms with Crippen LogP contribution in [0, 0.1) is 22.7 Å². The minimum atomic E-state index is -3.89. The molecule has 1 heterocycles. The number of amides is 1. The number of carbonyl (C=O) groups excluding carboxylic acids is 2. The number of hydrogen-bond donors (Lipinski definition) is 0. The molecule has 47 heavy (non-hydrogen) atoms. The van der Waals surface area contributed by atoms with Crippen LogP contribution in [-0.4, -0.2) is 47.7 Å². The lowest BCUT2D eigenvalue weighted by molar-refractivity contribution is -0.149. The Hall–Kier alpha value is -4.04. The van der Waals surface area contributed by atoms with Crippen molar-refractivity contribution in [3.63, 3.8) is 0 Å². The molecule has 0 unspecified atom stereocenters. The van der Waals surface area contributed by atoms with Crippen molar-refractivity contribution in [2.45, 2.75) is 71.9 Å². The van der Waals surface area contributed by atoms with Crippen LogP contribution in [0.2, 0.25) is 0 Å². The summed E-state index contributed by atoms with van der Waals surface area (Å²) >= 11 is 0. The van der Waals surface area contributed by atoms with Crippen molar-refractivity contribution in [3.05, 3.63) is 119 Å². The normalized spacial score (nSPS) is 24.8. The van der Waals surface area contributed by atoms with Gasteiger partial charge >= 0.3 is 5.97 Å². The maximum atomic E-state index is 14.8. The average Bonchev–Trinajstić information content (AvgIpc) is 3.51. The van der Waals surface area contributed by atoms with Crippen molar-refractivity contribution in [1.82, 2.24) is 4.31 Å². The zero-order valence-electron chi connectivity index (χ0n) is 27.8. The first-order valence-corrected chi connectivity index (χ1v) is 18.1. The molecular formula is C39H44N2O5S. The number of nitrogens with zero attached hydrogens (tertiary/aromatic N) is 2. The number of ether oxygens (including phenoxy) is 1. The fraction of sp³-hybridized carbons (Fsp3) is 0.410. The number of carbonyl (C=O) groups is 2. The molecule has 3 aliphatic rings. The van der Waals surface area contributed by atoms with Crippen LogP contribution in [0.3, 0.4) is 0 Å². The Labute approximate surface area is 278 Å². The summed E-state index contributed by atoms with van der Waals surface area (Å²) in [4.78, 5) is 33.6. The van der Waals surface area contributed by atoms with Gasteiger partial charge < -0.3 is 4.74 Å². The molecule has 1 amide bonds. The van der Waals surface area contributed by atoms with Crippen LogP contribution in [0.4, 0.5) is 0 Å². The maximum Gasteiger partial charge on any atom is 0.357 e. The van der Waals surface area contributed by atoms with Gasteiger partial charge in [0.25, 0.3) is 0 Å². The Balaban J connectivity index is 1.50. The molecule has 2 saturated carbocycles. The number of sulfonamides is 1. The smallest absolute Gasteiger partial charge is 0.357 e. The molecule has 0 radical (unpaired) electrons. The molecule has 3 aromatic carbocycles. The molecule has 6 rings (SSSR count). The summed E-state index contributed by atoms with van der Waals surface area (Å²) in [5.41, 5.74) is 1.43. The summed E-state index contributed by atoms with van der Waals surface area (Å²) in [6, 6.07) is 28.2. The minimum Gasteiger partial charge on any atom is -0.455 e. The van der Waals surface area contributed by atoms with Crippen LogP contribution in [0.5, 0.6) is 0 Å². The Morgan fingerprint density at radius 2 is 1.49 bits per heavy atom. The molecule has 1 saturated heterocycles. The molecule has 4 atom stereocenters. The zero-order valence-corrected chi connectivity index (χ0v) is 28.7. The van der Waals surface area contributed by atoms with Gasteiger partial charge in [-0.2, -0.15) is 0 Å². The third kappa shape index (κ3) is 6.20. The van der Waals surface area contributed by atoms with Crippen LogP contribution in [-0.2, 0) is 30.8 Å². The molecule has 246 valence electrons. The summed E-state index contributed by atoms with van der Waals surface area (Å²) in [5, 5.41) is 0. The van der Waals surface area contributed by atoms with E-state index in [4.69, 9.17) is 9.73 Å². The van der Waals surface area contributed by atoms with Gasteiger partial charge in [0.15, 0.2) is 0 Å². The lowest BCUT2D eigenvalue weighted by Crippen LogP contribution is -2.46. The molecule has 8 heteroatoms. The molecule has 3 aromatic rings. The van der Waals surface area contributed by atoms with Crippen LogP contribution < -0.4 is 0 Å². The van der Waals surface area contributed by atoms with Gasteiger partial charge in [-0.1, -0.05) is 105 Å². The molecule has 7 nitrogen and oxygen atoms in total. The SMILES string of the molecule is CC(C)(C)OC(=O)/C(=C/[C@@H](Cc1ccccc1)C(=O)N1[C@@H]2C[C@H]3CC[C@]2(CS1(=O)=O)C3(C)C)N=C(c1ccccc1)c1ccccc1. The van der Waals surface area contributed by atoms with Crippen LogP contribution in [0.15, 0.2) is 108 Å². The van der Waals surface area contributed by atoms with Gasteiger partial charge in [-0.3, -0.25) is 4.79 Å². The predicted molar refractivity (Wildman–Crippen MR) is 184 cm³/mol. The van der Waals surface area contributed by atoms with E-state index in [1.54, 1.807) is 20.8 Å². The first-order chi connectivity index (χ1) is 22.2. The fourth-order valence-corrected chi connectivity index (χ4v) is 10.7. The largest absolute Gasteiger partial charge is 0.455 e. The molecule has 3 fully saturated rings. The Morgan fingerprint density at radius 3 is 2.02 bits per heavy atom. The highest BCUT2D eigenvalue weighted by Crippen LogP contribution is 2.70. The second-order valence-electron chi connectivity index (χ2n) is 14.8. The number of fused-ring (bicyclic) bond motifs is 1. The van der Waals surface area contributed by atoms with Gasteiger partial charge in [0.05, 0.1) is 23.4 Å². The molecule has 1 spiro atoms. The Kier molecular flexibility index (Phi) is 8.54. The average molecular weight is 653 g/mol. The fourth-order valence-electron chi connectivity index (χ4n) is 8.11. The van der Waals surface area contributed by atoms with Gasteiger partial charge in [-0.25, -0.2) is 22.5 Å². The van der Waals surface area contributed by atoms with E-state index in [-0.39, 0.29) is 23.3 Å². The number of hydrogen-bond acceptors (Lipinski definition) is 6. The standard InChI is InChI=1S/C39H44N2O5S/c1-37(2,3)46-36(43)32(40-34(28-17-11-7-12-18-28)29-19-13-8-14-20-29)24-30(23-27-15-9-6-10-16-27)35(42)41-33-25-31-21-22-39(33,38(31,4)5)26-47(41,44)45/h6-20,24,30-31,33H,21-23,25-26H2,1-5H3/b32-24-/t30-,31-,33-,39-/m1/s1. The molecule has 2 bridgehead atoms.